The van der Waals surface area contributed by atoms with E-state index in [4.69, 9.17) is 0 Å². The van der Waals surface area contributed by atoms with Crippen LogP contribution < -0.4 is 0 Å². The molecule has 1 heteroatoms. The van der Waals surface area contributed by atoms with Crippen molar-refractivity contribution in [2.24, 2.45) is 23.7 Å². The Kier molecular flexibility index (Phi) is 2.20. The third-order valence-electron chi connectivity index (χ3n) is 4.85. The molecule has 0 heterocycles. The Hall–Kier alpha value is -0.000519. The second-order valence-electron chi connectivity index (χ2n) is 5.29. The third-order valence-corrected chi connectivity index (χ3v) is 5.96. The van der Waals surface area contributed by atoms with Crippen molar-refractivity contribution in [2.75, 3.05) is 0 Å². The van der Waals surface area contributed by atoms with Crippen molar-refractivity contribution in [3.63, 3.8) is 0 Å². The van der Waals surface area contributed by atoms with Gasteiger partial charge in [0.1, 0.15) is 0 Å². The van der Waals surface area contributed by atoms with Crippen LogP contribution in [0.3, 0.4) is 0 Å². The predicted molar refractivity (Wildman–Crippen MR) is 59.1 cm³/mol. The van der Waals surface area contributed by atoms with E-state index in [-0.39, 0.29) is 4.31 Å². The number of hydrogen-bond donors (Lipinski definition) is 0. The maximum atomic E-state index is 4.60. The molecule has 0 nitrogen and oxygen atoms in total. The fourth-order valence-corrected chi connectivity index (χ4v) is 4.91. The van der Waals surface area contributed by atoms with E-state index in [1.165, 1.54) is 19.3 Å². The van der Waals surface area contributed by atoms with Gasteiger partial charge >= 0.3 is 101 Å². The SMILES string of the molecule is CCC1=CC2C3C=CC(C3)C2[C]1([Fe])CC. The Balaban J connectivity index is 2.02. The van der Waals surface area contributed by atoms with Crippen LogP contribution in [0.4, 0.5) is 0 Å². The topological polar surface area (TPSA) is 0 Å². The minimum atomic E-state index is 0.267. The molecular weight excluding hydrogens is 224 g/mol. The Bertz CT molecular complexity index is 341. The van der Waals surface area contributed by atoms with Crippen LogP contribution in [0, 0.1) is 23.7 Å². The summed E-state index contributed by atoms with van der Waals surface area (Å²) in [6, 6.07) is 0. The van der Waals surface area contributed by atoms with Crippen molar-refractivity contribution >= 4 is 0 Å². The van der Waals surface area contributed by atoms with Crippen molar-refractivity contribution < 1.29 is 16.0 Å². The van der Waals surface area contributed by atoms with Gasteiger partial charge in [-0.05, 0) is 0 Å². The zero-order valence-corrected chi connectivity index (χ0v) is 10.6. The van der Waals surface area contributed by atoms with Crippen molar-refractivity contribution in [3.8, 4) is 0 Å². The van der Waals surface area contributed by atoms with Crippen LogP contribution in [0.5, 0.6) is 0 Å². The summed E-state index contributed by atoms with van der Waals surface area (Å²) in [5.41, 5.74) is 1.64. The van der Waals surface area contributed by atoms with E-state index in [1.807, 2.05) is 0 Å². The molecule has 3 aliphatic rings. The second kappa shape index (κ2) is 3.25. The van der Waals surface area contributed by atoms with Crippen LogP contribution in [0.1, 0.15) is 33.1 Å². The molecule has 5 unspecified atom stereocenters. The van der Waals surface area contributed by atoms with Gasteiger partial charge in [-0.15, -0.1) is 0 Å². The van der Waals surface area contributed by atoms with Crippen LogP contribution in [-0.2, 0) is 16.0 Å². The van der Waals surface area contributed by atoms with Crippen LogP contribution in [0.15, 0.2) is 23.8 Å². The van der Waals surface area contributed by atoms with Gasteiger partial charge in [0.2, 0.25) is 0 Å². The number of rotatable bonds is 2. The van der Waals surface area contributed by atoms with E-state index in [2.05, 4.69) is 48.1 Å². The van der Waals surface area contributed by atoms with Gasteiger partial charge in [-0.1, -0.05) is 0 Å². The van der Waals surface area contributed by atoms with Crippen molar-refractivity contribution in [2.45, 2.75) is 37.4 Å². The van der Waals surface area contributed by atoms with Crippen molar-refractivity contribution in [3.05, 3.63) is 23.8 Å². The van der Waals surface area contributed by atoms with Gasteiger partial charge in [-0.25, -0.2) is 0 Å². The summed E-state index contributed by atoms with van der Waals surface area (Å²) in [7, 11) is 0. The first-order valence-corrected chi connectivity index (χ1v) is 6.83. The molecule has 0 aliphatic heterocycles. The van der Waals surface area contributed by atoms with Gasteiger partial charge in [0.25, 0.3) is 0 Å². The first-order chi connectivity index (χ1) is 7.20. The van der Waals surface area contributed by atoms with E-state index in [1.54, 1.807) is 5.57 Å². The average molecular weight is 243 g/mol. The molecule has 2 bridgehead atoms. The maximum absolute atomic E-state index is 4.60. The molecule has 0 amide bonds. The van der Waals surface area contributed by atoms with E-state index in [0.29, 0.717) is 0 Å². The molecule has 15 heavy (non-hydrogen) atoms. The van der Waals surface area contributed by atoms with E-state index >= 15 is 0 Å². The summed E-state index contributed by atoms with van der Waals surface area (Å²) < 4.78 is 0.267. The molecule has 0 spiro atoms. The minimum absolute atomic E-state index is 0.267. The van der Waals surface area contributed by atoms with Crippen LogP contribution in [0.2, 0.25) is 4.31 Å². The Labute approximate surface area is 101 Å². The van der Waals surface area contributed by atoms with Crippen molar-refractivity contribution in [1.82, 2.24) is 0 Å². The zero-order chi connectivity index (χ0) is 10.6. The molecule has 0 saturated heterocycles. The fraction of sp³-hybridized carbons (Fsp3) is 0.714. The first kappa shape index (κ1) is 10.2. The van der Waals surface area contributed by atoms with E-state index < -0.39 is 0 Å². The third kappa shape index (κ3) is 1.14. The number of allylic oxidation sites excluding steroid dienone is 4. The van der Waals surface area contributed by atoms with Crippen LogP contribution in [-0.4, -0.2) is 0 Å². The monoisotopic (exact) mass is 243 g/mol. The first-order valence-electron chi connectivity index (χ1n) is 6.28. The Morgan fingerprint density at radius 1 is 1.33 bits per heavy atom. The summed E-state index contributed by atoms with van der Waals surface area (Å²) in [5, 5.41) is 0. The molecule has 0 aromatic carbocycles. The Morgan fingerprint density at radius 2 is 2.07 bits per heavy atom. The zero-order valence-electron chi connectivity index (χ0n) is 9.52. The van der Waals surface area contributed by atoms with Gasteiger partial charge in [0.05, 0.1) is 0 Å². The summed E-state index contributed by atoms with van der Waals surface area (Å²) in [6.07, 6.45) is 11.3. The van der Waals surface area contributed by atoms with E-state index in [9.17, 15) is 0 Å². The summed E-state index contributed by atoms with van der Waals surface area (Å²) >= 11 is 4.60. The molecule has 3 aliphatic carbocycles. The standard InChI is InChI=1S/C14H19.Fe/c1-3-9-8-13-10-5-6-11(7-10)14(13)12(9)4-2;/h5-6,8,10-11,13-14H,3-4,7H2,1-2H3;. The van der Waals surface area contributed by atoms with Gasteiger partial charge in [-0.2, -0.15) is 0 Å². The molecule has 0 N–H and O–H groups in total. The van der Waals surface area contributed by atoms with E-state index in [0.717, 1.165) is 23.7 Å². The molecule has 0 aromatic heterocycles. The van der Waals surface area contributed by atoms with Crippen LogP contribution >= 0.6 is 0 Å². The molecule has 0 aromatic rings. The molecular formula is C14H19Fe. The second-order valence-corrected chi connectivity index (χ2v) is 6.28. The summed E-state index contributed by atoms with van der Waals surface area (Å²) in [6.45, 7) is 4.60. The quantitative estimate of drug-likeness (QED) is 0.509. The predicted octanol–water partition coefficient (Wildman–Crippen LogP) is 3.89. The van der Waals surface area contributed by atoms with Gasteiger partial charge in [0.15, 0.2) is 0 Å². The molecule has 3 rings (SSSR count). The Morgan fingerprint density at radius 3 is 2.73 bits per heavy atom. The van der Waals surface area contributed by atoms with Gasteiger partial charge in [-0.3, -0.25) is 0 Å². The number of hydrogen-bond acceptors (Lipinski definition) is 0. The van der Waals surface area contributed by atoms with Gasteiger partial charge < -0.3 is 0 Å². The molecule has 83 valence electrons. The molecule has 5 atom stereocenters. The molecule has 1 fully saturated rings. The average Bonchev–Trinajstić information content (AvgIpc) is 2.89. The number of fused-ring (bicyclic) bond motifs is 5. The normalized spacial score (nSPS) is 51.0. The van der Waals surface area contributed by atoms with Crippen LogP contribution in [0.25, 0.3) is 0 Å². The summed E-state index contributed by atoms with van der Waals surface area (Å²) in [5.74, 6) is 3.33. The fourth-order valence-electron chi connectivity index (χ4n) is 4.18. The van der Waals surface area contributed by atoms with Gasteiger partial charge in [0, 0.05) is 0 Å². The summed E-state index contributed by atoms with van der Waals surface area (Å²) in [4.78, 5) is 0. The molecule has 1 saturated carbocycles. The molecule has 0 radical (unpaired) electrons. The van der Waals surface area contributed by atoms with Crippen molar-refractivity contribution in [1.29, 1.82) is 0 Å².